The van der Waals surface area contributed by atoms with Crippen LogP contribution in [0, 0.1) is 0 Å². The molecule has 1 amide bonds. The fourth-order valence-corrected chi connectivity index (χ4v) is 3.10. The summed E-state index contributed by atoms with van der Waals surface area (Å²) in [6, 6.07) is 14.7. The van der Waals surface area contributed by atoms with Gasteiger partial charge in [-0.25, -0.2) is 0 Å². The van der Waals surface area contributed by atoms with Gasteiger partial charge in [-0.15, -0.1) is 0 Å². The number of methoxy groups -OCH3 is 2. The van der Waals surface area contributed by atoms with Gasteiger partial charge in [-0.2, -0.15) is 4.98 Å². The lowest BCUT2D eigenvalue weighted by Gasteiger charge is -2.25. The van der Waals surface area contributed by atoms with Crippen molar-refractivity contribution in [3.05, 3.63) is 54.4 Å². The van der Waals surface area contributed by atoms with Crippen LogP contribution < -0.4 is 14.2 Å². The Bertz CT molecular complexity index is 990. The average molecular weight is 425 g/mol. The second-order valence-corrected chi connectivity index (χ2v) is 6.76. The molecule has 0 spiro atoms. The summed E-state index contributed by atoms with van der Waals surface area (Å²) in [5.74, 6) is 2.47. The zero-order valence-corrected chi connectivity index (χ0v) is 18.2. The molecule has 3 rings (SSSR count). The van der Waals surface area contributed by atoms with Crippen LogP contribution >= 0.6 is 0 Å². The van der Waals surface area contributed by atoms with Gasteiger partial charge in [-0.05, 0) is 43.7 Å². The van der Waals surface area contributed by atoms with Gasteiger partial charge in [0, 0.05) is 12.1 Å². The fraction of sp³-hybridized carbons (Fsp3) is 0.348. The van der Waals surface area contributed by atoms with Gasteiger partial charge in [-0.1, -0.05) is 30.3 Å². The minimum absolute atomic E-state index is 0.125. The molecular weight excluding hydrogens is 398 g/mol. The predicted octanol–water partition coefficient (Wildman–Crippen LogP) is 3.96. The highest BCUT2D eigenvalue weighted by Crippen LogP contribution is 2.31. The van der Waals surface area contributed by atoms with Crippen LogP contribution in [0.1, 0.15) is 26.2 Å². The van der Waals surface area contributed by atoms with Crippen molar-refractivity contribution in [2.45, 2.75) is 32.9 Å². The summed E-state index contributed by atoms with van der Waals surface area (Å²) in [4.78, 5) is 19.1. The normalized spacial score (nSPS) is 11.6. The van der Waals surface area contributed by atoms with E-state index in [1.807, 2.05) is 50.2 Å². The zero-order chi connectivity index (χ0) is 22.2. The lowest BCUT2D eigenvalue weighted by atomic mass is 10.2. The molecule has 2 aromatic carbocycles. The van der Waals surface area contributed by atoms with Gasteiger partial charge in [0.2, 0.25) is 11.7 Å². The third-order valence-electron chi connectivity index (χ3n) is 4.80. The van der Waals surface area contributed by atoms with Crippen LogP contribution in [-0.2, 0) is 11.3 Å². The average Bonchev–Trinajstić information content (AvgIpc) is 3.29. The Balaban J connectivity index is 1.72. The van der Waals surface area contributed by atoms with Crippen LogP contribution in [0.3, 0.4) is 0 Å². The van der Waals surface area contributed by atoms with Crippen molar-refractivity contribution in [3.63, 3.8) is 0 Å². The second kappa shape index (κ2) is 10.5. The Labute approximate surface area is 181 Å². The van der Waals surface area contributed by atoms with Crippen molar-refractivity contribution < 1.29 is 23.5 Å². The van der Waals surface area contributed by atoms with Gasteiger partial charge in [0.1, 0.15) is 12.3 Å². The van der Waals surface area contributed by atoms with Gasteiger partial charge < -0.3 is 23.6 Å². The van der Waals surface area contributed by atoms with Gasteiger partial charge in [0.15, 0.2) is 17.6 Å². The first-order valence-corrected chi connectivity index (χ1v) is 10.1. The smallest absolute Gasteiger partial charge is 0.264 e. The van der Waals surface area contributed by atoms with Crippen LogP contribution in [-0.4, -0.2) is 47.8 Å². The van der Waals surface area contributed by atoms with E-state index in [1.165, 1.54) is 0 Å². The van der Waals surface area contributed by atoms with Crippen LogP contribution in [0.25, 0.3) is 11.4 Å². The Morgan fingerprint density at radius 2 is 1.81 bits per heavy atom. The summed E-state index contributed by atoms with van der Waals surface area (Å²) in [7, 11) is 3.14. The van der Waals surface area contributed by atoms with E-state index in [4.69, 9.17) is 18.7 Å². The topological polar surface area (TPSA) is 86.9 Å². The number of hydrogen-bond donors (Lipinski definition) is 0. The summed E-state index contributed by atoms with van der Waals surface area (Å²) in [6.07, 6.45) is -0.0408. The summed E-state index contributed by atoms with van der Waals surface area (Å²) in [5, 5.41) is 4.05. The van der Waals surface area contributed by atoms with E-state index in [1.54, 1.807) is 31.3 Å². The lowest BCUT2D eigenvalue weighted by molar-refractivity contribution is -0.139. The number of aromatic nitrogens is 2. The third kappa shape index (κ3) is 5.33. The predicted molar refractivity (Wildman–Crippen MR) is 115 cm³/mol. The molecule has 0 fully saturated rings. The van der Waals surface area contributed by atoms with E-state index >= 15 is 0 Å². The molecule has 0 radical (unpaired) electrons. The molecule has 0 N–H and O–H groups in total. The Kier molecular flexibility index (Phi) is 7.48. The van der Waals surface area contributed by atoms with Gasteiger partial charge in [0.05, 0.1) is 14.2 Å². The second-order valence-electron chi connectivity index (χ2n) is 6.76. The molecule has 0 aliphatic heterocycles. The van der Waals surface area contributed by atoms with Crippen LogP contribution in [0.2, 0.25) is 0 Å². The number of hydrogen-bond acceptors (Lipinski definition) is 7. The Morgan fingerprint density at radius 1 is 1.06 bits per heavy atom. The van der Waals surface area contributed by atoms with E-state index in [-0.39, 0.29) is 12.5 Å². The SMILES string of the molecule is CC[C@H](Oc1ccccc1)C(=O)N(CC)Cc1nc(-c2ccc(OC)c(OC)c2)no1. The van der Waals surface area contributed by atoms with Gasteiger partial charge in [0.25, 0.3) is 5.91 Å². The fourth-order valence-electron chi connectivity index (χ4n) is 3.10. The number of carbonyl (C=O) groups excluding carboxylic acids is 1. The third-order valence-corrected chi connectivity index (χ3v) is 4.80. The maximum absolute atomic E-state index is 13.0. The molecule has 1 aromatic heterocycles. The highest BCUT2D eigenvalue weighted by molar-refractivity contribution is 5.81. The molecule has 0 saturated carbocycles. The summed E-state index contributed by atoms with van der Waals surface area (Å²) < 4.78 is 21.9. The molecule has 3 aromatic rings. The monoisotopic (exact) mass is 425 g/mol. The van der Waals surface area contributed by atoms with Crippen molar-refractivity contribution in [1.82, 2.24) is 15.0 Å². The molecule has 1 atom stereocenters. The lowest BCUT2D eigenvalue weighted by Crippen LogP contribution is -2.41. The minimum atomic E-state index is -0.587. The molecule has 0 saturated heterocycles. The highest BCUT2D eigenvalue weighted by Gasteiger charge is 2.25. The molecule has 31 heavy (non-hydrogen) atoms. The van der Waals surface area contributed by atoms with Crippen molar-refractivity contribution in [1.29, 1.82) is 0 Å². The molecule has 0 bridgehead atoms. The van der Waals surface area contributed by atoms with Crippen molar-refractivity contribution in [2.75, 3.05) is 20.8 Å². The first-order valence-electron chi connectivity index (χ1n) is 10.1. The van der Waals surface area contributed by atoms with E-state index in [9.17, 15) is 4.79 Å². The van der Waals surface area contributed by atoms with Crippen LogP contribution in [0.5, 0.6) is 17.2 Å². The molecule has 164 valence electrons. The number of nitrogens with zero attached hydrogens (tertiary/aromatic N) is 3. The van der Waals surface area contributed by atoms with E-state index < -0.39 is 6.10 Å². The molecule has 1 heterocycles. The Hall–Kier alpha value is -3.55. The Morgan fingerprint density at radius 3 is 2.45 bits per heavy atom. The number of para-hydroxylation sites is 1. The first kappa shape index (κ1) is 22.1. The van der Waals surface area contributed by atoms with Crippen molar-refractivity contribution in [3.8, 4) is 28.6 Å². The number of carbonyl (C=O) groups is 1. The van der Waals surface area contributed by atoms with Crippen LogP contribution in [0.15, 0.2) is 53.1 Å². The first-order chi connectivity index (χ1) is 15.1. The van der Waals surface area contributed by atoms with Gasteiger partial charge in [-0.3, -0.25) is 4.79 Å². The van der Waals surface area contributed by atoms with Gasteiger partial charge >= 0.3 is 0 Å². The van der Waals surface area contributed by atoms with E-state index in [2.05, 4.69) is 10.1 Å². The standard InChI is InChI=1S/C23H27N3O5/c1-5-18(30-17-10-8-7-9-11-17)23(27)26(6-2)15-21-24-22(25-31-21)16-12-13-19(28-3)20(14-16)29-4/h7-14,18H,5-6,15H2,1-4H3/t18-/m0/s1. The number of likely N-dealkylation sites (N-methyl/N-ethyl adjacent to an activating group) is 1. The van der Waals surface area contributed by atoms with E-state index in [0.717, 1.165) is 5.56 Å². The summed E-state index contributed by atoms with van der Waals surface area (Å²) in [6.45, 7) is 4.51. The molecule has 8 nitrogen and oxygen atoms in total. The quantitative estimate of drug-likeness (QED) is 0.486. The summed E-state index contributed by atoms with van der Waals surface area (Å²) in [5.41, 5.74) is 0.723. The largest absolute Gasteiger partial charge is 0.493 e. The molecular formula is C23H27N3O5. The minimum Gasteiger partial charge on any atom is -0.493 e. The molecule has 0 aliphatic rings. The summed E-state index contributed by atoms with van der Waals surface area (Å²) >= 11 is 0. The highest BCUT2D eigenvalue weighted by atomic mass is 16.5. The molecule has 8 heteroatoms. The number of ether oxygens (including phenoxy) is 3. The number of benzene rings is 2. The number of amides is 1. The zero-order valence-electron chi connectivity index (χ0n) is 18.2. The van der Waals surface area contributed by atoms with E-state index in [0.29, 0.717) is 41.9 Å². The number of rotatable bonds is 10. The van der Waals surface area contributed by atoms with Crippen molar-refractivity contribution >= 4 is 5.91 Å². The maximum atomic E-state index is 13.0. The molecule has 0 aliphatic carbocycles. The molecule has 0 unspecified atom stereocenters. The van der Waals surface area contributed by atoms with Crippen molar-refractivity contribution in [2.24, 2.45) is 0 Å². The van der Waals surface area contributed by atoms with Crippen LogP contribution in [0.4, 0.5) is 0 Å². The maximum Gasteiger partial charge on any atom is 0.264 e.